The van der Waals surface area contributed by atoms with Crippen molar-refractivity contribution in [2.24, 2.45) is 0 Å². The number of nitrogens with one attached hydrogen (secondary N) is 1. The molecule has 2 rings (SSSR count). The van der Waals surface area contributed by atoms with E-state index >= 15 is 0 Å². The Bertz CT molecular complexity index is 637. The number of aromatic carboxylic acids is 1. The number of carbonyl (C=O) groups excluding carboxylic acids is 1. The highest BCUT2D eigenvalue weighted by Crippen LogP contribution is 2.12. The van der Waals surface area contributed by atoms with Crippen molar-refractivity contribution in [3.05, 3.63) is 45.9 Å². The maximum atomic E-state index is 11.8. The van der Waals surface area contributed by atoms with Crippen molar-refractivity contribution in [3.63, 3.8) is 0 Å². The largest absolute Gasteiger partial charge is 0.497 e. The van der Waals surface area contributed by atoms with E-state index in [1.54, 1.807) is 7.11 Å². The molecule has 6 nitrogen and oxygen atoms in total. The van der Waals surface area contributed by atoms with E-state index < -0.39 is 5.97 Å². The third-order valence-electron chi connectivity index (χ3n) is 2.78. The zero-order valence-corrected chi connectivity index (χ0v) is 12.1. The zero-order valence-electron chi connectivity index (χ0n) is 11.3. The van der Waals surface area contributed by atoms with Crippen LogP contribution in [0.4, 0.5) is 0 Å². The number of thiazole rings is 1. The molecule has 0 radical (unpaired) electrons. The molecule has 110 valence electrons. The molecule has 2 N–H and O–H groups in total. The van der Waals surface area contributed by atoms with Gasteiger partial charge in [0.05, 0.1) is 7.11 Å². The zero-order chi connectivity index (χ0) is 15.2. The molecular formula is C14H14N2O4S. The molecule has 0 bridgehead atoms. The average molecular weight is 306 g/mol. The molecule has 1 aromatic heterocycles. The smallest absolute Gasteiger partial charge is 0.355 e. The van der Waals surface area contributed by atoms with E-state index in [9.17, 15) is 9.59 Å². The van der Waals surface area contributed by atoms with Crippen LogP contribution in [0.3, 0.4) is 0 Å². The number of amides is 1. The summed E-state index contributed by atoms with van der Waals surface area (Å²) in [6, 6.07) is 7.57. The van der Waals surface area contributed by atoms with Gasteiger partial charge in [0.25, 0.3) is 5.91 Å². The molecule has 0 aliphatic rings. The Kier molecular flexibility index (Phi) is 4.89. The van der Waals surface area contributed by atoms with Crippen molar-refractivity contribution in [1.82, 2.24) is 10.3 Å². The van der Waals surface area contributed by atoms with E-state index in [1.807, 2.05) is 24.3 Å². The van der Waals surface area contributed by atoms with Gasteiger partial charge in [-0.05, 0) is 24.1 Å². The summed E-state index contributed by atoms with van der Waals surface area (Å²) >= 11 is 1.02. The Hall–Kier alpha value is -2.41. The van der Waals surface area contributed by atoms with Crippen molar-refractivity contribution in [1.29, 1.82) is 0 Å². The Balaban J connectivity index is 1.84. The van der Waals surface area contributed by atoms with Gasteiger partial charge in [-0.2, -0.15) is 0 Å². The predicted octanol–water partition coefficient (Wildman–Crippen LogP) is 1.82. The van der Waals surface area contributed by atoms with Crippen LogP contribution in [0, 0.1) is 0 Å². The minimum atomic E-state index is -1.14. The average Bonchev–Trinajstić information content (AvgIpc) is 2.98. The first kappa shape index (κ1) is 15.0. The van der Waals surface area contributed by atoms with Gasteiger partial charge in [-0.15, -0.1) is 11.3 Å². The molecular weight excluding hydrogens is 292 g/mol. The van der Waals surface area contributed by atoms with E-state index in [0.717, 1.165) is 22.6 Å². The summed E-state index contributed by atoms with van der Waals surface area (Å²) in [5.41, 5.74) is 0.960. The van der Waals surface area contributed by atoms with E-state index in [-0.39, 0.29) is 16.6 Å². The second kappa shape index (κ2) is 6.85. The maximum Gasteiger partial charge on any atom is 0.355 e. The fourth-order valence-electron chi connectivity index (χ4n) is 1.66. The lowest BCUT2D eigenvalue weighted by molar-refractivity contribution is 0.0691. The van der Waals surface area contributed by atoms with Gasteiger partial charge in [0.2, 0.25) is 0 Å². The minimum Gasteiger partial charge on any atom is -0.497 e. The Morgan fingerprint density at radius 3 is 2.62 bits per heavy atom. The van der Waals surface area contributed by atoms with E-state index in [4.69, 9.17) is 9.84 Å². The van der Waals surface area contributed by atoms with Gasteiger partial charge in [-0.3, -0.25) is 4.79 Å². The lowest BCUT2D eigenvalue weighted by atomic mass is 10.1. The molecule has 0 saturated carbocycles. The maximum absolute atomic E-state index is 11.8. The number of aromatic nitrogens is 1. The van der Waals surface area contributed by atoms with Gasteiger partial charge in [-0.1, -0.05) is 12.1 Å². The molecule has 7 heteroatoms. The molecule has 0 aliphatic heterocycles. The number of carbonyl (C=O) groups is 2. The number of carboxylic acids is 1. The number of methoxy groups -OCH3 is 1. The van der Waals surface area contributed by atoms with Crippen LogP contribution in [0.25, 0.3) is 0 Å². The van der Waals surface area contributed by atoms with Crippen LogP contribution in [0.5, 0.6) is 5.75 Å². The van der Waals surface area contributed by atoms with Crippen LogP contribution in [0.15, 0.2) is 29.6 Å². The summed E-state index contributed by atoms with van der Waals surface area (Å²) in [5.74, 6) is -0.712. The first-order valence-electron chi connectivity index (χ1n) is 6.20. The molecule has 2 aromatic rings. The van der Waals surface area contributed by atoms with Crippen LogP contribution < -0.4 is 10.1 Å². The fraction of sp³-hybridized carbons (Fsp3) is 0.214. The van der Waals surface area contributed by atoms with Crippen LogP contribution in [0.2, 0.25) is 0 Å². The third-order valence-corrected chi connectivity index (χ3v) is 3.62. The van der Waals surface area contributed by atoms with Crippen molar-refractivity contribution in [2.45, 2.75) is 6.42 Å². The Labute approximate surface area is 125 Å². The second-order valence-electron chi connectivity index (χ2n) is 4.20. The first-order chi connectivity index (χ1) is 10.1. The predicted molar refractivity (Wildman–Crippen MR) is 78.1 cm³/mol. The van der Waals surface area contributed by atoms with Crippen molar-refractivity contribution < 1.29 is 19.4 Å². The highest BCUT2D eigenvalue weighted by Gasteiger charge is 2.14. The first-order valence-corrected chi connectivity index (χ1v) is 7.08. The summed E-state index contributed by atoms with van der Waals surface area (Å²) in [5, 5.41) is 13.0. The lowest BCUT2D eigenvalue weighted by Gasteiger charge is -2.04. The Morgan fingerprint density at radius 2 is 2.05 bits per heavy atom. The molecule has 0 saturated heterocycles. The SMILES string of the molecule is COc1ccc(CCNC(=O)c2nc(C(=O)O)cs2)cc1. The number of benzene rings is 1. The number of hydrogen-bond donors (Lipinski definition) is 2. The van der Waals surface area contributed by atoms with Crippen LogP contribution in [0.1, 0.15) is 25.9 Å². The van der Waals surface area contributed by atoms with Gasteiger partial charge in [0, 0.05) is 11.9 Å². The van der Waals surface area contributed by atoms with Gasteiger partial charge in [0.15, 0.2) is 10.7 Å². The second-order valence-corrected chi connectivity index (χ2v) is 5.06. The monoisotopic (exact) mass is 306 g/mol. The van der Waals surface area contributed by atoms with Crippen LogP contribution >= 0.6 is 11.3 Å². The van der Waals surface area contributed by atoms with Gasteiger partial charge < -0.3 is 15.2 Å². The summed E-state index contributed by atoms with van der Waals surface area (Å²) in [6.07, 6.45) is 0.674. The molecule has 0 atom stereocenters. The highest BCUT2D eigenvalue weighted by molar-refractivity contribution is 7.11. The van der Waals surface area contributed by atoms with Gasteiger partial charge >= 0.3 is 5.97 Å². The van der Waals surface area contributed by atoms with Crippen LogP contribution in [-0.2, 0) is 6.42 Å². The van der Waals surface area contributed by atoms with E-state index in [2.05, 4.69) is 10.3 Å². The van der Waals surface area contributed by atoms with Gasteiger partial charge in [0.1, 0.15) is 5.75 Å². The van der Waals surface area contributed by atoms with E-state index in [0.29, 0.717) is 13.0 Å². The van der Waals surface area contributed by atoms with E-state index in [1.165, 1.54) is 5.38 Å². The molecule has 1 amide bonds. The topological polar surface area (TPSA) is 88.5 Å². The lowest BCUT2D eigenvalue weighted by Crippen LogP contribution is -2.25. The summed E-state index contributed by atoms with van der Waals surface area (Å²) in [6.45, 7) is 0.452. The summed E-state index contributed by atoms with van der Waals surface area (Å²) in [7, 11) is 1.61. The van der Waals surface area contributed by atoms with Crippen molar-refractivity contribution in [3.8, 4) is 5.75 Å². The summed E-state index contributed by atoms with van der Waals surface area (Å²) < 4.78 is 5.07. The third kappa shape index (κ3) is 4.03. The molecule has 21 heavy (non-hydrogen) atoms. The minimum absolute atomic E-state index is 0.111. The molecule has 0 unspecified atom stereocenters. The molecule has 1 heterocycles. The standard InChI is InChI=1S/C14H14N2O4S/c1-20-10-4-2-9(3-5-10)6-7-15-12(17)13-16-11(8-21-13)14(18)19/h2-5,8H,6-7H2,1H3,(H,15,17)(H,18,19). The molecule has 0 spiro atoms. The fourth-order valence-corrected chi connectivity index (χ4v) is 2.37. The number of nitrogens with zero attached hydrogens (tertiary/aromatic N) is 1. The highest BCUT2D eigenvalue weighted by atomic mass is 32.1. The number of carboxylic acid groups (broad SMARTS) is 1. The Morgan fingerprint density at radius 1 is 1.33 bits per heavy atom. The molecule has 1 aromatic carbocycles. The molecule has 0 fully saturated rings. The number of rotatable bonds is 6. The molecule has 0 aliphatic carbocycles. The number of ether oxygens (including phenoxy) is 1. The van der Waals surface area contributed by atoms with Crippen LogP contribution in [-0.4, -0.2) is 35.6 Å². The van der Waals surface area contributed by atoms with Crippen molar-refractivity contribution >= 4 is 23.2 Å². The summed E-state index contributed by atoms with van der Waals surface area (Å²) in [4.78, 5) is 26.2. The normalized spacial score (nSPS) is 10.1. The van der Waals surface area contributed by atoms with Crippen molar-refractivity contribution in [2.75, 3.05) is 13.7 Å². The number of hydrogen-bond acceptors (Lipinski definition) is 5. The quantitative estimate of drug-likeness (QED) is 0.850. The van der Waals surface area contributed by atoms with Gasteiger partial charge in [-0.25, -0.2) is 9.78 Å².